The van der Waals surface area contributed by atoms with Crippen molar-refractivity contribution in [2.45, 2.75) is 45.2 Å². The van der Waals surface area contributed by atoms with Gasteiger partial charge in [0, 0.05) is 18.3 Å². The molecule has 1 heterocycles. The summed E-state index contributed by atoms with van der Waals surface area (Å²) < 4.78 is 1.10. The van der Waals surface area contributed by atoms with E-state index in [1.165, 1.54) is 18.3 Å². The zero-order valence-corrected chi connectivity index (χ0v) is 13.0. The molecule has 1 aromatic heterocycles. The van der Waals surface area contributed by atoms with E-state index in [-0.39, 0.29) is 18.2 Å². The van der Waals surface area contributed by atoms with Crippen molar-refractivity contribution >= 4 is 11.9 Å². The highest BCUT2D eigenvalue weighted by Crippen LogP contribution is 2.23. The van der Waals surface area contributed by atoms with Crippen LogP contribution in [0.1, 0.15) is 38.2 Å². The van der Waals surface area contributed by atoms with Gasteiger partial charge in [-0.1, -0.05) is 19.8 Å². The van der Waals surface area contributed by atoms with Crippen molar-refractivity contribution in [1.29, 1.82) is 5.26 Å². The number of hydrogen-bond donors (Lipinski definition) is 2. The van der Waals surface area contributed by atoms with Gasteiger partial charge in [-0.05, 0) is 24.8 Å². The molecule has 2 rings (SSSR count). The summed E-state index contributed by atoms with van der Waals surface area (Å²) in [5.74, 6) is -0.206. The minimum atomic E-state index is -0.594. The van der Waals surface area contributed by atoms with Crippen LogP contribution >= 0.6 is 0 Å². The number of hydrogen-bond acceptors (Lipinski definition) is 4. The summed E-state index contributed by atoms with van der Waals surface area (Å²) in [7, 11) is 0. The summed E-state index contributed by atoms with van der Waals surface area (Å²) in [6.07, 6.45) is 5.50. The third kappa shape index (κ3) is 4.68. The topological polar surface area (TPSA) is 104 Å². The highest BCUT2D eigenvalue weighted by molar-refractivity contribution is 5.94. The fourth-order valence-electron chi connectivity index (χ4n) is 2.78. The Morgan fingerprint density at radius 3 is 2.78 bits per heavy atom. The first-order valence-electron chi connectivity index (χ1n) is 7.70. The highest BCUT2D eigenvalue weighted by atomic mass is 16.2. The number of aromatic nitrogens is 1. The van der Waals surface area contributed by atoms with Crippen LogP contribution in [-0.4, -0.2) is 22.5 Å². The van der Waals surface area contributed by atoms with Gasteiger partial charge in [0.2, 0.25) is 5.91 Å². The van der Waals surface area contributed by atoms with Crippen molar-refractivity contribution in [3.8, 4) is 6.07 Å². The Balaban J connectivity index is 1.90. The Morgan fingerprint density at radius 2 is 2.09 bits per heavy atom. The molecule has 1 aliphatic carbocycles. The highest BCUT2D eigenvalue weighted by Gasteiger charge is 2.23. The number of pyridine rings is 1. The average Bonchev–Trinajstić information content (AvgIpc) is 2.51. The molecule has 1 saturated carbocycles. The molecular weight excluding hydrogens is 296 g/mol. The predicted octanol–water partition coefficient (Wildman–Crippen LogP) is 1.12. The lowest BCUT2D eigenvalue weighted by Crippen LogP contribution is -2.48. The van der Waals surface area contributed by atoms with E-state index in [2.05, 4.69) is 17.6 Å². The summed E-state index contributed by atoms with van der Waals surface area (Å²) >= 11 is 0. The van der Waals surface area contributed by atoms with Crippen molar-refractivity contribution in [3.63, 3.8) is 0 Å². The molecule has 3 amide bonds. The molecule has 0 radical (unpaired) electrons. The van der Waals surface area contributed by atoms with Crippen LogP contribution in [0, 0.1) is 17.2 Å². The Hall–Kier alpha value is -2.62. The molecule has 7 nitrogen and oxygen atoms in total. The van der Waals surface area contributed by atoms with E-state index in [0.717, 1.165) is 30.3 Å². The fraction of sp³-hybridized carbons (Fsp3) is 0.500. The number of nitrogens with one attached hydrogen (secondary N) is 2. The van der Waals surface area contributed by atoms with E-state index >= 15 is 0 Å². The van der Waals surface area contributed by atoms with Gasteiger partial charge in [-0.2, -0.15) is 5.26 Å². The van der Waals surface area contributed by atoms with Gasteiger partial charge >= 0.3 is 6.03 Å². The van der Waals surface area contributed by atoms with Gasteiger partial charge in [0.25, 0.3) is 5.56 Å². The van der Waals surface area contributed by atoms with Crippen LogP contribution in [0.2, 0.25) is 0 Å². The lowest BCUT2D eigenvalue weighted by molar-refractivity contribution is -0.120. The maximum absolute atomic E-state index is 11.9. The first-order valence-corrected chi connectivity index (χ1v) is 7.70. The van der Waals surface area contributed by atoms with Crippen LogP contribution in [0.15, 0.2) is 23.1 Å². The standard InChI is InChI=1S/C16H20N4O3/c1-11-4-2-3-5-13(11)18-16(23)19-14(21)10-20-9-12(8-17)6-7-15(20)22/h6-7,9,11,13H,2-5,10H2,1H3,(H2,18,19,21,23)/t11-,13-/m1/s1. The molecular formula is C16H20N4O3. The van der Waals surface area contributed by atoms with Crippen LogP contribution in [0.4, 0.5) is 4.79 Å². The second-order valence-electron chi connectivity index (χ2n) is 5.89. The molecule has 0 unspecified atom stereocenters. The first-order chi connectivity index (χ1) is 11.0. The van der Waals surface area contributed by atoms with E-state index < -0.39 is 17.5 Å². The SMILES string of the molecule is C[C@@H]1CCCC[C@H]1NC(=O)NC(=O)Cn1cc(C#N)ccc1=O. The van der Waals surface area contributed by atoms with Gasteiger partial charge in [0.1, 0.15) is 12.6 Å². The average molecular weight is 316 g/mol. The Kier molecular flexibility index (Phi) is 5.52. The lowest BCUT2D eigenvalue weighted by atomic mass is 9.86. The molecule has 0 aliphatic heterocycles. The predicted molar refractivity (Wildman–Crippen MR) is 83.5 cm³/mol. The molecule has 1 aromatic rings. The molecule has 0 aromatic carbocycles. The first kappa shape index (κ1) is 16.7. The van der Waals surface area contributed by atoms with Crippen molar-refractivity contribution in [2.24, 2.45) is 5.92 Å². The van der Waals surface area contributed by atoms with Gasteiger partial charge < -0.3 is 9.88 Å². The van der Waals surface area contributed by atoms with Gasteiger partial charge in [0.15, 0.2) is 0 Å². The minimum absolute atomic E-state index is 0.0705. The number of nitriles is 1. The normalized spacial score (nSPS) is 20.3. The van der Waals surface area contributed by atoms with Crippen LogP contribution in [0.25, 0.3) is 0 Å². The Labute approximate surface area is 134 Å². The number of imide groups is 1. The third-order valence-electron chi connectivity index (χ3n) is 4.11. The fourth-order valence-corrected chi connectivity index (χ4v) is 2.78. The van der Waals surface area contributed by atoms with Crippen molar-refractivity contribution in [2.75, 3.05) is 0 Å². The van der Waals surface area contributed by atoms with Crippen LogP contribution in [0.5, 0.6) is 0 Å². The summed E-state index contributed by atoms with van der Waals surface area (Å²) in [6.45, 7) is 1.78. The molecule has 0 saturated heterocycles. The van der Waals surface area contributed by atoms with E-state index in [4.69, 9.17) is 5.26 Å². The molecule has 1 fully saturated rings. The zero-order chi connectivity index (χ0) is 16.8. The zero-order valence-electron chi connectivity index (χ0n) is 13.0. The molecule has 2 atom stereocenters. The minimum Gasteiger partial charge on any atom is -0.335 e. The Bertz CT molecular complexity index is 689. The number of carbonyl (C=O) groups excluding carboxylic acids is 2. The van der Waals surface area contributed by atoms with Crippen molar-refractivity contribution < 1.29 is 9.59 Å². The molecule has 0 spiro atoms. The van der Waals surface area contributed by atoms with E-state index in [1.807, 2.05) is 6.07 Å². The number of urea groups is 1. The monoisotopic (exact) mass is 316 g/mol. The van der Waals surface area contributed by atoms with Gasteiger partial charge in [-0.15, -0.1) is 0 Å². The molecule has 23 heavy (non-hydrogen) atoms. The molecule has 7 heteroatoms. The van der Waals surface area contributed by atoms with E-state index in [9.17, 15) is 14.4 Å². The summed E-state index contributed by atoms with van der Waals surface area (Å²) in [6, 6.07) is 4.02. The maximum atomic E-state index is 11.9. The molecule has 0 bridgehead atoms. The number of carbonyl (C=O) groups is 2. The van der Waals surface area contributed by atoms with Crippen LogP contribution < -0.4 is 16.2 Å². The van der Waals surface area contributed by atoms with Crippen molar-refractivity contribution in [3.05, 3.63) is 34.2 Å². The number of rotatable bonds is 3. The van der Waals surface area contributed by atoms with Crippen molar-refractivity contribution in [1.82, 2.24) is 15.2 Å². The Morgan fingerprint density at radius 1 is 1.35 bits per heavy atom. The summed E-state index contributed by atoms with van der Waals surface area (Å²) in [5.41, 5.74) is -0.127. The van der Waals surface area contributed by atoms with Crippen LogP contribution in [0.3, 0.4) is 0 Å². The summed E-state index contributed by atoms with van der Waals surface area (Å²) in [4.78, 5) is 35.4. The second kappa shape index (κ2) is 7.58. The van der Waals surface area contributed by atoms with Crippen LogP contribution in [-0.2, 0) is 11.3 Å². The molecule has 122 valence electrons. The lowest BCUT2D eigenvalue weighted by Gasteiger charge is -2.29. The summed E-state index contributed by atoms with van der Waals surface area (Å²) in [5, 5.41) is 13.9. The number of nitrogens with zero attached hydrogens (tertiary/aromatic N) is 2. The van der Waals surface area contributed by atoms with Gasteiger partial charge in [0.05, 0.1) is 5.56 Å². The van der Waals surface area contributed by atoms with E-state index in [1.54, 1.807) is 0 Å². The third-order valence-corrected chi connectivity index (χ3v) is 4.11. The van der Waals surface area contributed by atoms with E-state index in [0.29, 0.717) is 5.92 Å². The molecule has 1 aliphatic rings. The van der Waals surface area contributed by atoms with Gasteiger partial charge in [-0.25, -0.2) is 4.79 Å². The second-order valence-corrected chi connectivity index (χ2v) is 5.89. The maximum Gasteiger partial charge on any atom is 0.321 e. The molecule has 2 N–H and O–H groups in total. The van der Waals surface area contributed by atoms with Gasteiger partial charge in [-0.3, -0.25) is 14.9 Å². The quantitative estimate of drug-likeness (QED) is 0.872. The largest absolute Gasteiger partial charge is 0.335 e. The smallest absolute Gasteiger partial charge is 0.321 e. The number of amides is 3.